The van der Waals surface area contributed by atoms with Crippen molar-refractivity contribution < 1.29 is 14.3 Å². The molecule has 1 fully saturated rings. The monoisotopic (exact) mass is 415 g/mol. The van der Waals surface area contributed by atoms with Crippen molar-refractivity contribution in [2.45, 2.75) is 37.9 Å². The minimum absolute atomic E-state index is 0. The quantitative estimate of drug-likeness (QED) is 0.805. The Labute approximate surface area is 177 Å². The lowest BCUT2D eigenvalue weighted by molar-refractivity contribution is -0.138. The molecule has 4 rings (SSSR count). The highest BCUT2D eigenvalue weighted by Crippen LogP contribution is 2.24. The van der Waals surface area contributed by atoms with Gasteiger partial charge in [-0.2, -0.15) is 0 Å². The zero-order valence-electron chi connectivity index (χ0n) is 16.4. The molecule has 6 nitrogen and oxygen atoms in total. The number of carbonyl (C=O) groups is 2. The Hall–Kier alpha value is -2.57. The highest BCUT2D eigenvalue weighted by molar-refractivity contribution is 5.98. The van der Waals surface area contributed by atoms with Crippen LogP contribution in [0, 0.1) is 0 Å². The molecule has 0 saturated carbocycles. The number of hydrogen-bond donors (Lipinski definition) is 2. The summed E-state index contributed by atoms with van der Waals surface area (Å²) in [5.74, 6) is 0.619. The number of nitrogens with zero attached hydrogens (tertiary/aromatic N) is 1. The summed E-state index contributed by atoms with van der Waals surface area (Å²) >= 11 is 0. The van der Waals surface area contributed by atoms with Gasteiger partial charge in [0, 0.05) is 18.8 Å². The van der Waals surface area contributed by atoms with Crippen molar-refractivity contribution in [3.8, 4) is 5.75 Å². The highest BCUT2D eigenvalue weighted by atomic mass is 35.5. The van der Waals surface area contributed by atoms with Gasteiger partial charge >= 0.3 is 0 Å². The van der Waals surface area contributed by atoms with Crippen LogP contribution in [0.25, 0.3) is 0 Å². The van der Waals surface area contributed by atoms with E-state index >= 15 is 0 Å². The van der Waals surface area contributed by atoms with Crippen LogP contribution >= 0.6 is 12.4 Å². The second-order valence-corrected chi connectivity index (χ2v) is 7.31. The van der Waals surface area contributed by atoms with E-state index in [0.29, 0.717) is 31.6 Å². The minimum Gasteiger partial charge on any atom is -0.497 e. The maximum absolute atomic E-state index is 13.1. The van der Waals surface area contributed by atoms with Crippen molar-refractivity contribution in [3.05, 3.63) is 59.7 Å². The molecule has 2 atom stereocenters. The molecule has 154 valence electrons. The maximum Gasteiger partial charge on any atom is 0.247 e. The third-order valence-corrected chi connectivity index (χ3v) is 5.58. The Morgan fingerprint density at radius 3 is 2.55 bits per heavy atom. The molecule has 1 saturated heterocycles. The van der Waals surface area contributed by atoms with Gasteiger partial charge in [0.1, 0.15) is 11.8 Å². The van der Waals surface area contributed by atoms with Crippen LogP contribution in [0.5, 0.6) is 5.75 Å². The number of ether oxygens (including phenoxy) is 1. The molecule has 29 heavy (non-hydrogen) atoms. The summed E-state index contributed by atoms with van der Waals surface area (Å²) in [6, 6.07) is 14.7. The molecule has 2 aliphatic rings. The van der Waals surface area contributed by atoms with E-state index in [1.54, 1.807) is 36.3 Å². The fourth-order valence-electron chi connectivity index (χ4n) is 4.03. The first-order valence-corrected chi connectivity index (χ1v) is 9.71. The van der Waals surface area contributed by atoms with Gasteiger partial charge in [0.25, 0.3) is 0 Å². The molecule has 2 aromatic rings. The number of anilines is 1. The molecule has 0 aliphatic carbocycles. The van der Waals surface area contributed by atoms with Crippen LogP contribution in [-0.2, 0) is 22.6 Å². The van der Waals surface area contributed by atoms with Crippen LogP contribution in [0.2, 0.25) is 0 Å². The van der Waals surface area contributed by atoms with E-state index in [2.05, 4.69) is 22.8 Å². The number of hydrogen-bond acceptors (Lipinski definition) is 4. The van der Waals surface area contributed by atoms with Crippen molar-refractivity contribution in [2.75, 3.05) is 19.0 Å². The summed E-state index contributed by atoms with van der Waals surface area (Å²) < 4.78 is 5.14. The first-order chi connectivity index (χ1) is 13.7. The summed E-state index contributed by atoms with van der Waals surface area (Å²) in [6.45, 7) is 1.31. The Morgan fingerprint density at radius 2 is 1.83 bits per heavy atom. The number of benzene rings is 2. The number of carbonyl (C=O) groups excluding carboxylic acids is 2. The lowest BCUT2D eigenvalue weighted by Crippen LogP contribution is -2.53. The molecule has 0 spiro atoms. The molecule has 0 radical (unpaired) electrons. The first-order valence-electron chi connectivity index (χ1n) is 9.71. The average Bonchev–Trinajstić information content (AvgIpc) is 3.23. The van der Waals surface area contributed by atoms with Crippen LogP contribution in [0.4, 0.5) is 5.69 Å². The Kier molecular flexibility index (Phi) is 6.77. The average molecular weight is 416 g/mol. The molecule has 2 N–H and O–H groups in total. The molecule has 0 bridgehead atoms. The molecule has 0 aromatic heterocycles. The summed E-state index contributed by atoms with van der Waals surface area (Å²) in [5.41, 5.74) is 3.15. The zero-order chi connectivity index (χ0) is 19.5. The summed E-state index contributed by atoms with van der Waals surface area (Å²) in [7, 11) is 1.60. The van der Waals surface area contributed by atoms with Gasteiger partial charge in [0.15, 0.2) is 0 Å². The molecular formula is C22H26ClN3O3. The van der Waals surface area contributed by atoms with E-state index in [1.807, 2.05) is 12.1 Å². The number of rotatable bonds is 4. The SMILES string of the molecule is COc1ccc(NC(=O)[C@@H]2CCCN2C(=O)[C@@H]2Cc3ccccc3CN2)cc1.Cl. The Morgan fingerprint density at radius 1 is 1.10 bits per heavy atom. The van der Waals surface area contributed by atoms with Gasteiger partial charge in [-0.05, 0) is 54.7 Å². The number of methoxy groups -OCH3 is 1. The zero-order valence-corrected chi connectivity index (χ0v) is 17.2. The van der Waals surface area contributed by atoms with Gasteiger partial charge in [0.05, 0.1) is 13.2 Å². The molecule has 2 aromatic carbocycles. The molecule has 2 amide bonds. The van der Waals surface area contributed by atoms with Crippen LogP contribution in [-0.4, -0.2) is 42.5 Å². The smallest absolute Gasteiger partial charge is 0.247 e. The van der Waals surface area contributed by atoms with E-state index in [0.717, 1.165) is 12.2 Å². The highest BCUT2D eigenvalue weighted by Gasteiger charge is 2.38. The Balaban J connectivity index is 0.00000240. The predicted octanol–water partition coefficient (Wildman–Crippen LogP) is 2.76. The topological polar surface area (TPSA) is 70.7 Å². The van der Waals surface area contributed by atoms with Gasteiger partial charge in [-0.3, -0.25) is 9.59 Å². The summed E-state index contributed by atoms with van der Waals surface area (Å²) in [6.07, 6.45) is 2.20. The number of likely N-dealkylation sites (tertiary alicyclic amines) is 1. The number of amides is 2. The van der Waals surface area contributed by atoms with Gasteiger partial charge in [-0.15, -0.1) is 12.4 Å². The second-order valence-electron chi connectivity index (χ2n) is 7.31. The van der Waals surface area contributed by atoms with Crippen molar-refractivity contribution >= 4 is 29.9 Å². The van der Waals surface area contributed by atoms with Crippen molar-refractivity contribution in [1.29, 1.82) is 0 Å². The van der Waals surface area contributed by atoms with Gasteiger partial charge in [0.2, 0.25) is 11.8 Å². The minimum atomic E-state index is -0.423. The van der Waals surface area contributed by atoms with Crippen molar-refractivity contribution in [2.24, 2.45) is 0 Å². The van der Waals surface area contributed by atoms with Crippen molar-refractivity contribution in [1.82, 2.24) is 10.2 Å². The fraction of sp³-hybridized carbons (Fsp3) is 0.364. The standard InChI is InChI=1S/C22H25N3O3.ClH/c1-28-18-10-8-17(9-11-18)24-21(26)20-7-4-12-25(20)22(27)19-13-15-5-2-3-6-16(15)14-23-19;/h2-3,5-6,8-11,19-20,23H,4,7,12-14H2,1H3,(H,24,26);1H/t19-,20-;/m0./s1. The number of halogens is 1. The van der Waals surface area contributed by atoms with Gasteiger partial charge < -0.3 is 20.3 Å². The van der Waals surface area contributed by atoms with E-state index in [-0.39, 0.29) is 30.3 Å². The van der Waals surface area contributed by atoms with Gasteiger partial charge in [-0.25, -0.2) is 0 Å². The molecule has 0 unspecified atom stereocenters. The molecular weight excluding hydrogens is 390 g/mol. The largest absolute Gasteiger partial charge is 0.497 e. The maximum atomic E-state index is 13.1. The summed E-state index contributed by atoms with van der Waals surface area (Å²) in [5, 5.41) is 6.27. The predicted molar refractivity (Wildman–Crippen MR) is 114 cm³/mol. The molecule has 2 heterocycles. The van der Waals surface area contributed by atoms with Crippen molar-refractivity contribution in [3.63, 3.8) is 0 Å². The van der Waals surface area contributed by atoms with Crippen LogP contribution in [0.3, 0.4) is 0 Å². The third-order valence-electron chi connectivity index (χ3n) is 5.58. The number of nitrogens with one attached hydrogen (secondary N) is 2. The first kappa shape index (κ1) is 21.1. The third kappa shape index (κ3) is 4.54. The van der Waals surface area contributed by atoms with Crippen LogP contribution < -0.4 is 15.4 Å². The van der Waals surface area contributed by atoms with Gasteiger partial charge in [-0.1, -0.05) is 24.3 Å². The molecule has 2 aliphatic heterocycles. The van der Waals surface area contributed by atoms with E-state index in [9.17, 15) is 9.59 Å². The van der Waals surface area contributed by atoms with E-state index < -0.39 is 6.04 Å². The Bertz CT molecular complexity index is 872. The fourth-order valence-corrected chi connectivity index (χ4v) is 4.03. The normalized spacial score (nSPS) is 20.4. The lowest BCUT2D eigenvalue weighted by atomic mass is 9.95. The van der Waals surface area contributed by atoms with Crippen LogP contribution in [0.15, 0.2) is 48.5 Å². The molecule has 7 heteroatoms. The van der Waals surface area contributed by atoms with Crippen LogP contribution in [0.1, 0.15) is 24.0 Å². The lowest BCUT2D eigenvalue weighted by Gasteiger charge is -2.31. The van der Waals surface area contributed by atoms with E-state index in [1.165, 1.54) is 11.1 Å². The van der Waals surface area contributed by atoms with E-state index in [4.69, 9.17) is 4.74 Å². The number of fused-ring (bicyclic) bond motifs is 1. The second kappa shape index (κ2) is 9.29. The summed E-state index contributed by atoms with van der Waals surface area (Å²) in [4.78, 5) is 27.7.